The van der Waals surface area contributed by atoms with Crippen molar-refractivity contribution in [3.8, 4) is 5.75 Å². The normalized spacial score (nSPS) is 15.1. The van der Waals surface area contributed by atoms with Crippen molar-refractivity contribution in [3.05, 3.63) is 60.2 Å². The minimum atomic E-state index is -5.09. The van der Waals surface area contributed by atoms with Crippen molar-refractivity contribution in [2.24, 2.45) is 0 Å². The van der Waals surface area contributed by atoms with E-state index in [2.05, 4.69) is 4.72 Å². The average Bonchev–Trinajstić information content (AvgIpc) is 2.65. The van der Waals surface area contributed by atoms with Crippen LogP contribution in [0.1, 0.15) is 32.4 Å². The number of methoxy groups -OCH3 is 1. The van der Waals surface area contributed by atoms with Crippen LogP contribution in [0.2, 0.25) is 0 Å². The Morgan fingerprint density at radius 2 is 1.57 bits per heavy atom. The van der Waals surface area contributed by atoms with Gasteiger partial charge < -0.3 is 9.29 Å². The minimum Gasteiger partial charge on any atom is -0.598 e. The van der Waals surface area contributed by atoms with Gasteiger partial charge in [-0.05, 0) is 39.0 Å². The Bertz CT molecular complexity index is 900. The quantitative estimate of drug-likeness (QED) is 0.674. The Morgan fingerprint density at radius 3 is 2.11 bits per heavy atom. The second kappa shape index (κ2) is 8.36. The molecule has 2 aromatic carbocycles. The Labute approximate surface area is 167 Å². The third kappa shape index (κ3) is 4.48. The SMILES string of the molecule is COc1ccccc1[C@@H](N[S@@+]([O-])C(C)(C)C)C(F)(F)S(=O)(=O)c1ccccc1. The fraction of sp³-hybridized carbons (Fsp3) is 0.368. The van der Waals surface area contributed by atoms with Crippen LogP contribution in [-0.2, 0) is 21.2 Å². The van der Waals surface area contributed by atoms with E-state index in [0.29, 0.717) is 0 Å². The molecule has 5 nitrogen and oxygen atoms in total. The Kier molecular flexibility index (Phi) is 6.75. The van der Waals surface area contributed by atoms with Crippen molar-refractivity contribution in [2.45, 2.75) is 41.7 Å². The maximum atomic E-state index is 15.5. The third-order valence-electron chi connectivity index (χ3n) is 3.98. The molecule has 0 saturated carbocycles. The molecule has 0 fully saturated rings. The predicted molar refractivity (Wildman–Crippen MR) is 105 cm³/mol. The van der Waals surface area contributed by atoms with Gasteiger partial charge in [-0.25, -0.2) is 8.42 Å². The lowest BCUT2D eigenvalue weighted by molar-refractivity contribution is 0.0543. The molecule has 0 aliphatic rings. The van der Waals surface area contributed by atoms with Gasteiger partial charge in [-0.15, -0.1) is 4.72 Å². The van der Waals surface area contributed by atoms with Gasteiger partial charge in [0.25, 0.3) is 0 Å². The van der Waals surface area contributed by atoms with E-state index in [9.17, 15) is 13.0 Å². The van der Waals surface area contributed by atoms with Gasteiger partial charge in [0.05, 0.1) is 12.0 Å². The molecule has 0 amide bonds. The van der Waals surface area contributed by atoms with Crippen LogP contribution in [0, 0.1) is 0 Å². The number of rotatable bonds is 7. The summed E-state index contributed by atoms with van der Waals surface area (Å²) in [7, 11) is -3.80. The van der Waals surface area contributed by atoms with Crippen molar-refractivity contribution in [1.29, 1.82) is 0 Å². The summed E-state index contributed by atoms with van der Waals surface area (Å²) >= 11 is -1.97. The van der Waals surface area contributed by atoms with Crippen LogP contribution in [-0.4, -0.2) is 30.1 Å². The molecule has 0 bridgehead atoms. The molecule has 0 unspecified atom stereocenters. The highest BCUT2D eigenvalue weighted by molar-refractivity contribution is 7.93. The summed E-state index contributed by atoms with van der Waals surface area (Å²) in [4.78, 5) is -0.525. The van der Waals surface area contributed by atoms with E-state index in [1.165, 1.54) is 43.5 Å². The molecule has 0 spiro atoms. The first kappa shape index (κ1) is 22.6. The second-order valence-electron chi connectivity index (χ2n) is 7.05. The molecule has 154 valence electrons. The predicted octanol–water partition coefficient (Wildman–Crippen LogP) is 3.85. The number of para-hydroxylation sites is 1. The van der Waals surface area contributed by atoms with Crippen LogP contribution in [0.5, 0.6) is 5.75 Å². The molecule has 2 aromatic rings. The number of halogens is 2. The van der Waals surface area contributed by atoms with E-state index in [-0.39, 0.29) is 11.3 Å². The summed E-state index contributed by atoms with van der Waals surface area (Å²) in [5, 5.41) is -4.30. The molecule has 0 radical (unpaired) electrons. The van der Waals surface area contributed by atoms with Gasteiger partial charge in [0, 0.05) is 16.9 Å². The first-order valence-corrected chi connectivity index (χ1v) is 11.0. The largest absolute Gasteiger partial charge is 0.598 e. The van der Waals surface area contributed by atoms with Crippen LogP contribution < -0.4 is 9.46 Å². The van der Waals surface area contributed by atoms with Crippen molar-refractivity contribution in [3.63, 3.8) is 0 Å². The smallest absolute Gasteiger partial charge is 0.373 e. The molecule has 0 aliphatic carbocycles. The maximum absolute atomic E-state index is 15.5. The van der Waals surface area contributed by atoms with E-state index < -0.39 is 42.1 Å². The van der Waals surface area contributed by atoms with E-state index in [1.54, 1.807) is 26.8 Å². The number of alkyl halides is 2. The topological polar surface area (TPSA) is 78.5 Å². The molecule has 0 saturated heterocycles. The van der Waals surface area contributed by atoms with E-state index in [4.69, 9.17) is 4.74 Å². The molecule has 0 aromatic heterocycles. The Hall–Kier alpha value is -1.68. The van der Waals surface area contributed by atoms with Crippen molar-refractivity contribution in [1.82, 2.24) is 4.72 Å². The number of hydrogen-bond donors (Lipinski definition) is 1. The van der Waals surface area contributed by atoms with Crippen LogP contribution in [0.3, 0.4) is 0 Å². The minimum absolute atomic E-state index is 0.0637. The molecule has 9 heteroatoms. The summed E-state index contributed by atoms with van der Waals surface area (Å²) in [6, 6.07) is 10.2. The number of hydrogen-bond acceptors (Lipinski definition) is 5. The summed E-state index contributed by atoms with van der Waals surface area (Å²) in [5.74, 6) is 0.0637. The Morgan fingerprint density at radius 1 is 1.04 bits per heavy atom. The van der Waals surface area contributed by atoms with Crippen molar-refractivity contribution in [2.75, 3.05) is 7.11 Å². The molecule has 0 aliphatic heterocycles. The van der Waals surface area contributed by atoms with Gasteiger partial charge in [-0.1, -0.05) is 36.4 Å². The van der Waals surface area contributed by atoms with Crippen molar-refractivity contribution < 1.29 is 26.5 Å². The average molecular weight is 432 g/mol. The van der Waals surface area contributed by atoms with E-state index >= 15 is 8.78 Å². The summed E-state index contributed by atoms with van der Waals surface area (Å²) in [6.07, 6.45) is 0. The lowest BCUT2D eigenvalue weighted by Gasteiger charge is -2.32. The highest BCUT2D eigenvalue weighted by Crippen LogP contribution is 2.43. The number of nitrogens with one attached hydrogen (secondary N) is 1. The molecule has 0 heterocycles. The van der Waals surface area contributed by atoms with Crippen molar-refractivity contribution >= 4 is 21.2 Å². The van der Waals surface area contributed by atoms with Gasteiger partial charge >= 0.3 is 5.25 Å². The summed E-state index contributed by atoms with van der Waals surface area (Å²) in [6.45, 7) is 4.79. The highest BCUT2D eigenvalue weighted by atomic mass is 32.2. The number of ether oxygens (including phenoxy) is 1. The van der Waals surface area contributed by atoms with Gasteiger partial charge in [0.1, 0.15) is 10.5 Å². The molecule has 28 heavy (non-hydrogen) atoms. The maximum Gasteiger partial charge on any atom is 0.373 e. The lowest BCUT2D eigenvalue weighted by Crippen LogP contribution is -2.49. The monoisotopic (exact) mass is 431 g/mol. The lowest BCUT2D eigenvalue weighted by atomic mass is 10.1. The molecule has 2 rings (SSSR count). The van der Waals surface area contributed by atoms with Crippen LogP contribution in [0.15, 0.2) is 59.5 Å². The number of sulfone groups is 1. The zero-order chi connectivity index (χ0) is 21.2. The molecular weight excluding hydrogens is 408 g/mol. The zero-order valence-electron chi connectivity index (χ0n) is 16.0. The van der Waals surface area contributed by atoms with Gasteiger partial charge in [0.15, 0.2) is 6.04 Å². The molecule has 2 atom stereocenters. The summed E-state index contributed by atoms with van der Waals surface area (Å²) in [5.41, 5.74) is -0.105. The fourth-order valence-corrected chi connectivity index (χ4v) is 4.66. The zero-order valence-corrected chi connectivity index (χ0v) is 17.6. The molecule has 1 N–H and O–H groups in total. The van der Waals surface area contributed by atoms with Crippen LogP contribution in [0.4, 0.5) is 8.78 Å². The van der Waals surface area contributed by atoms with E-state index in [0.717, 1.165) is 12.1 Å². The fourth-order valence-electron chi connectivity index (χ4n) is 2.41. The number of benzene rings is 2. The van der Waals surface area contributed by atoms with Gasteiger partial charge in [0.2, 0.25) is 9.84 Å². The summed E-state index contributed by atoms with van der Waals surface area (Å²) < 4.78 is 75.6. The highest BCUT2D eigenvalue weighted by Gasteiger charge is 2.56. The van der Waals surface area contributed by atoms with Gasteiger partial charge in [-0.2, -0.15) is 8.78 Å². The first-order chi connectivity index (χ1) is 12.9. The first-order valence-electron chi connectivity index (χ1n) is 8.41. The van der Waals surface area contributed by atoms with E-state index in [1.807, 2.05) is 0 Å². The Balaban J connectivity index is 2.63. The molecular formula is C19H23F2NO4S2. The van der Waals surface area contributed by atoms with Gasteiger partial charge in [-0.3, -0.25) is 0 Å². The third-order valence-corrected chi connectivity index (χ3v) is 7.39. The second-order valence-corrected chi connectivity index (χ2v) is 11.1. The van der Waals surface area contributed by atoms with Crippen LogP contribution >= 0.6 is 0 Å². The standard InChI is InChI=1S/C19H23F2NO4S2/c1-18(2,3)27(23)22-17(15-12-8-9-13-16(15)26-4)19(20,21)28(24,25)14-10-6-5-7-11-14/h5-13,17,22H,1-4H3/t17-,27+/m1/s1. The van der Waals surface area contributed by atoms with Crippen LogP contribution in [0.25, 0.3) is 0 Å².